The van der Waals surface area contributed by atoms with Crippen molar-refractivity contribution in [3.05, 3.63) is 35.9 Å². The van der Waals surface area contributed by atoms with Crippen LogP contribution in [0.1, 0.15) is 24.8 Å². The van der Waals surface area contributed by atoms with Gasteiger partial charge in [-0.15, -0.1) is 0 Å². The van der Waals surface area contributed by atoms with Crippen LogP contribution in [0.3, 0.4) is 0 Å². The van der Waals surface area contributed by atoms with Crippen molar-refractivity contribution >= 4 is 0 Å². The highest BCUT2D eigenvalue weighted by atomic mass is 16.6. The Morgan fingerprint density at radius 1 is 1.29 bits per heavy atom. The van der Waals surface area contributed by atoms with Gasteiger partial charge in [0.25, 0.3) is 0 Å². The van der Waals surface area contributed by atoms with Crippen LogP contribution in [0.5, 0.6) is 0 Å². The summed E-state index contributed by atoms with van der Waals surface area (Å²) in [6.45, 7) is 2.80. The van der Waals surface area contributed by atoms with E-state index in [4.69, 9.17) is 4.74 Å². The largest absolute Gasteiger partial charge is 0.368 e. The van der Waals surface area contributed by atoms with Crippen LogP contribution in [-0.4, -0.2) is 18.0 Å². The van der Waals surface area contributed by atoms with E-state index in [1.165, 1.54) is 5.56 Å². The first kappa shape index (κ1) is 9.69. The van der Waals surface area contributed by atoms with E-state index in [1.54, 1.807) is 0 Å². The zero-order valence-corrected chi connectivity index (χ0v) is 8.39. The van der Waals surface area contributed by atoms with Crippen molar-refractivity contribution in [1.29, 1.82) is 0 Å². The lowest BCUT2D eigenvalue weighted by Crippen LogP contribution is -2.30. The van der Waals surface area contributed by atoms with Crippen molar-refractivity contribution < 1.29 is 9.84 Å². The van der Waals surface area contributed by atoms with E-state index in [1.807, 2.05) is 18.2 Å². The average molecular weight is 192 g/mol. The maximum atomic E-state index is 9.32. The standard InChI is InChI=1S/C12H16O2/c1-9-7-12(13)14-8-11(9)10-5-3-2-4-6-10/h2-6,9,11-13H,7-8H2,1H3/t9-,11-,12?/m0/s1. The number of aliphatic hydroxyl groups is 1. The lowest BCUT2D eigenvalue weighted by molar-refractivity contribution is -0.143. The van der Waals surface area contributed by atoms with Gasteiger partial charge in [0.1, 0.15) is 0 Å². The topological polar surface area (TPSA) is 29.5 Å². The quantitative estimate of drug-likeness (QED) is 0.738. The smallest absolute Gasteiger partial charge is 0.154 e. The predicted molar refractivity (Wildman–Crippen MR) is 54.9 cm³/mol. The second-order valence-corrected chi connectivity index (χ2v) is 4.02. The Morgan fingerprint density at radius 2 is 2.00 bits per heavy atom. The first-order chi connectivity index (χ1) is 6.77. The third kappa shape index (κ3) is 1.97. The molecule has 2 rings (SSSR count). The highest BCUT2D eigenvalue weighted by molar-refractivity contribution is 5.20. The van der Waals surface area contributed by atoms with Gasteiger partial charge in [-0.1, -0.05) is 37.3 Å². The molecule has 1 unspecified atom stereocenters. The average Bonchev–Trinajstić information content (AvgIpc) is 2.19. The first-order valence-corrected chi connectivity index (χ1v) is 5.12. The fourth-order valence-corrected chi connectivity index (χ4v) is 2.05. The molecule has 0 saturated carbocycles. The Morgan fingerprint density at radius 3 is 2.64 bits per heavy atom. The zero-order chi connectivity index (χ0) is 9.97. The molecule has 1 heterocycles. The summed E-state index contributed by atoms with van der Waals surface area (Å²) in [7, 11) is 0. The molecule has 76 valence electrons. The van der Waals surface area contributed by atoms with Crippen molar-refractivity contribution in [3.8, 4) is 0 Å². The summed E-state index contributed by atoms with van der Waals surface area (Å²) in [6, 6.07) is 10.4. The van der Waals surface area contributed by atoms with Crippen molar-refractivity contribution in [1.82, 2.24) is 0 Å². The number of aliphatic hydroxyl groups excluding tert-OH is 1. The number of hydrogen-bond donors (Lipinski definition) is 1. The Kier molecular flexibility index (Phi) is 2.85. The summed E-state index contributed by atoms with van der Waals surface area (Å²) in [6.07, 6.45) is 0.171. The number of rotatable bonds is 1. The molecule has 2 heteroatoms. The molecular weight excluding hydrogens is 176 g/mol. The second kappa shape index (κ2) is 4.11. The highest BCUT2D eigenvalue weighted by Gasteiger charge is 2.27. The summed E-state index contributed by atoms with van der Waals surface area (Å²) in [5, 5.41) is 9.32. The maximum absolute atomic E-state index is 9.32. The molecule has 1 aromatic carbocycles. The minimum absolute atomic E-state index is 0.430. The maximum Gasteiger partial charge on any atom is 0.154 e. The summed E-state index contributed by atoms with van der Waals surface area (Å²) in [5.41, 5.74) is 1.31. The van der Waals surface area contributed by atoms with Gasteiger partial charge in [0.05, 0.1) is 6.61 Å². The Labute approximate surface area is 84.5 Å². The minimum atomic E-state index is -0.565. The Hall–Kier alpha value is -0.860. The van der Waals surface area contributed by atoms with Crippen LogP contribution < -0.4 is 0 Å². The molecule has 1 saturated heterocycles. The van der Waals surface area contributed by atoms with Gasteiger partial charge in [0.2, 0.25) is 0 Å². The third-order valence-corrected chi connectivity index (χ3v) is 2.96. The Balaban J connectivity index is 2.12. The van der Waals surface area contributed by atoms with Crippen LogP contribution >= 0.6 is 0 Å². The van der Waals surface area contributed by atoms with E-state index in [2.05, 4.69) is 19.1 Å². The lowest BCUT2D eigenvalue weighted by Gasteiger charge is -2.32. The normalized spacial score (nSPS) is 32.9. The van der Waals surface area contributed by atoms with Gasteiger partial charge >= 0.3 is 0 Å². The van der Waals surface area contributed by atoms with Crippen LogP contribution in [0.2, 0.25) is 0 Å². The van der Waals surface area contributed by atoms with Crippen molar-refractivity contribution in [2.75, 3.05) is 6.61 Å². The van der Waals surface area contributed by atoms with E-state index >= 15 is 0 Å². The van der Waals surface area contributed by atoms with Gasteiger partial charge in [0, 0.05) is 12.3 Å². The molecule has 1 aliphatic rings. The molecule has 14 heavy (non-hydrogen) atoms. The van der Waals surface area contributed by atoms with Crippen molar-refractivity contribution in [3.63, 3.8) is 0 Å². The fraction of sp³-hybridized carbons (Fsp3) is 0.500. The first-order valence-electron chi connectivity index (χ1n) is 5.12. The molecule has 1 fully saturated rings. The molecule has 3 atom stereocenters. The van der Waals surface area contributed by atoms with Crippen LogP contribution in [0.4, 0.5) is 0 Å². The van der Waals surface area contributed by atoms with Crippen LogP contribution in [-0.2, 0) is 4.74 Å². The molecular formula is C12H16O2. The summed E-state index contributed by atoms with van der Waals surface area (Å²) in [5.74, 6) is 0.917. The number of ether oxygens (including phenoxy) is 1. The summed E-state index contributed by atoms with van der Waals surface area (Å²) < 4.78 is 5.27. The third-order valence-electron chi connectivity index (χ3n) is 2.96. The Bertz CT molecular complexity index is 284. The van der Waals surface area contributed by atoms with E-state index in [0.717, 1.165) is 6.42 Å². The van der Waals surface area contributed by atoms with Crippen molar-refractivity contribution in [2.45, 2.75) is 25.6 Å². The molecule has 1 aromatic rings. The van der Waals surface area contributed by atoms with Gasteiger partial charge in [-0.2, -0.15) is 0 Å². The molecule has 0 aromatic heterocycles. The van der Waals surface area contributed by atoms with E-state index < -0.39 is 6.29 Å². The molecule has 0 radical (unpaired) electrons. The number of hydrogen-bond acceptors (Lipinski definition) is 2. The van der Waals surface area contributed by atoms with Gasteiger partial charge in [-0.05, 0) is 11.5 Å². The molecule has 1 aliphatic heterocycles. The monoisotopic (exact) mass is 192 g/mol. The van der Waals surface area contributed by atoms with E-state index in [0.29, 0.717) is 18.4 Å². The van der Waals surface area contributed by atoms with Crippen LogP contribution in [0, 0.1) is 5.92 Å². The molecule has 1 N–H and O–H groups in total. The summed E-state index contributed by atoms with van der Waals surface area (Å²) in [4.78, 5) is 0. The van der Waals surface area contributed by atoms with Gasteiger partial charge in [-0.3, -0.25) is 0 Å². The van der Waals surface area contributed by atoms with Crippen molar-refractivity contribution in [2.24, 2.45) is 5.92 Å². The van der Waals surface area contributed by atoms with E-state index in [-0.39, 0.29) is 0 Å². The molecule has 0 amide bonds. The van der Waals surface area contributed by atoms with Crippen LogP contribution in [0.15, 0.2) is 30.3 Å². The van der Waals surface area contributed by atoms with E-state index in [9.17, 15) is 5.11 Å². The van der Waals surface area contributed by atoms with Gasteiger partial charge in [-0.25, -0.2) is 0 Å². The SMILES string of the molecule is C[C@H]1CC(O)OC[C@@H]1c1ccccc1. The predicted octanol–water partition coefficient (Wildman–Crippen LogP) is 2.15. The number of benzene rings is 1. The van der Waals surface area contributed by atoms with Gasteiger partial charge in [0.15, 0.2) is 6.29 Å². The lowest BCUT2D eigenvalue weighted by atomic mass is 9.84. The zero-order valence-electron chi connectivity index (χ0n) is 8.39. The molecule has 0 spiro atoms. The highest BCUT2D eigenvalue weighted by Crippen LogP contribution is 2.32. The van der Waals surface area contributed by atoms with Crippen LogP contribution in [0.25, 0.3) is 0 Å². The van der Waals surface area contributed by atoms with Gasteiger partial charge < -0.3 is 9.84 Å². The molecule has 2 nitrogen and oxygen atoms in total. The summed E-state index contributed by atoms with van der Waals surface area (Å²) >= 11 is 0. The second-order valence-electron chi connectivity index (χ2n) is 4.02. The fourth-order valence-electron chi connectivity index (χ4n) is 2.05. The molecule has 0 bridgehead atoms. The minimum Gasteiger partial charge on any atom is -0.368 e. The molecule has 0 aliphatic carbocycles.